The number of anilines is 2. The molecule has 0 aliphatic rings. The normalized spacial score (nSPS) is 10.8. The number of para-hydroxylation sites is 2. The molecule has 6 nitrogen and oxygen atoms in total. The lowest BCUT2D eigenvalue weighted by molar-refractivity contribution is 0.0991. The maximum atomic E-state index is 14.3. The highest BCUT2D eigenvalue weighted by molar-refractivity contribution is 7.14. The number of aryl methyl sites for hydroxylation is 2. The Labute approximate surface area is 175 Å². The molecule has 1 amide bonds. The molecule has 0 bridgehead atoms. The molecule has 8 heteroatoms. The molecule has 0 saturated heterocycles. The molecule has 2 heterocycles. The summed E-state index contributed by atoms with van der Waals surface area (Å²) in [5, 5.41) is 6.47. The van der Waals surface area contributed by atoms with E-state index in [2.05, 4.69) is 10.1 Å². The second-order valence-electron chi connectivity index (χ2n) is 6.61. The van der Waals surface area contributed by atoms with Gasteiger partial charge < -0.3 is 0 Å². The molecule has 2 aromatic carbocycles. The third-order valence-corrected chi connectivity index (χ3v) is 5.35. The first kappa shape index (κ1) is 19.7. The van der Waals surface area contributed by atoms with Crippen LogP contribution in [0.3, 0.4) is 0 Å². The van der Waals surface area contributed by atoms with Crippen LogP contribution in [0.15, 0.2) is 70.8 Å². The number of benzene rings is 2. The van der Waals surface area contributed by atoms with Gasteiger partial charge in [0, 0.05) is 17.1 Å². The molecule has 30 heavy (non-hydrogen) atoms. The van der Waals surface area contributed by atoms with E-state index in [0.717, 1.165) is 5.69 Å². The Kier molecular flexibility index (Phi) is 5.24. The van der Waals surface area contributed by atoms with Gasteiger partial charge in [0.2, 0.25) is 5.43 Å². The summed E-state index contributed by atoms with van der Waals surface area (Å²) in [5.74, 6) is -1.14. The molecule has 0 radical (unpaired) electrons. The number of hydrogen-bond acceptors (Lipinski definition) is 5. The summed E-state index contributed by atoms with van der Waals surface area (Å²) in [5.41, 5.74) is 1.01. The summed E-state index contributed by atoms with van der Waals surface area (Å²) in [7, 11) is 0. The number of carbonyl (C=O) groups excluding carboxylic acids is 1. The second-order valence-corrected chi connectivity index (χ2v) is 7.45. The molecule has 0 N–H and O–H groups in total. The van der Waals surface area contributed by atoms with Gasteiger partial charge in [0.15, 0.2) is 10.8 Å². The largest absolute Gasteiger partial charge is 0.289 e. The Morgan fingerprint density at radius 1 is 1.07 bits per heavy atom. The molecular formula is C22H17FN4O2S. The zero-order valence-corrected chi connectivity index (χ0v) is 17.1. The quantitative estimate of drug-likeness (QED) is 0.490. The number of hydrogen-bond donors (Lipinski definition) is 0. The lowest BCUT2D eigenvalue weighted by Crippen LogP contribution is -2.33. The topological polar surface area (TPSA) is 68.1 Å². The minimum Gasteiger partial charge on any atom is -0.287 e. The van der Waals surface area contributed by atoms with E-state index in [0.29, 0.717) is 16.5 Å². The number of amides is 1. The Bertz CT molecular complexity index is 1280. The van der Waals surface area contributed by atoms with Crippen LogP contribution >= 0.6 is 11.3 Å². The first-order valence-corrected chi connectivity index (χ1v) is 10.0. The molecule has 4 aromatic rings. The Hall–Kier alpha value is -3.65. The molecule has 0 aliphatic carbocycles. The van der Waals surface area contributed by atoms with Gasteiger partial charge in [-0.3, -0.25) is 14.5 Å². The zero-order valence-electron chi connectivity index (χ0n) is 16.2. The van der Waals surface area contributed by atoms with Gasteiger partial charge in [-0.25, -0.2) is 14.1 Å². The van der Waals surface area contributed by atoms with Gasteiger partial charge in [-0.05, 0) is 38.1 Å². The van der Waals surface area contributed by atoms with Crippen molar-refractivity contribution in [3.63, 3.8) is 0 Å². The van der Waals surface area contributed by atoms with Crippen molar-refractivity contribution in [2.45, 2.75) is 13.8 Å². The third kappa shape index (κ3) is 3.65. The predicted octanol–water partition coefficient (Wildman–Crippen LogP) is 4.42. The summed E-state index contributed by atoms with van der Waals surface area (Å²) >= 11 is 1.28. The van der Waals surface area contributed by atoms with Crippen molar-refractivity contribution in [3.05, 3.63) is 99.2 Å². The van der Waals surface area contributed by atoms with Gasteiger partial charge in [-0.2, -0.15) is 5.10 Å². The molecule has 0 aliphatic heterocycles. The summed E-state index contributed by atoms with van der Waals surface area (Å²) in [6, 6.07) is 16.2. The van der Waals surface area contributed by atoms with Crippen LogP contribution in [0.4, 0.5) is 15.2 Å². The highest BCUT2D eigenvalue weighted by Crippen LogP contribution is 2.29. The molecule has 0 atom stereocenters. The molecule has 150 valence electrons. The highest BCUT2D eigenvalue weighted by atomic mass is 32.1. The minimum atomic E-state index is -0.634. The third-order valence-electron chi connectivity index (χ3n) is 4.41. The number of aromatic nitrogens is 3. The Morgan fingerprint density at radius 2 is 1.77 bits per heavy atom. The van der Waals surface area contributed by atoms with E-state index in [1.165, 1.54) is 39.1 Å². The zero-order chi connectivity index (χ0) is 21.3. The van der Waals surface area contributed by atoms with Gasteiger partial charge in [-0.15, -0.1) is 11.3 Å². The lowest BCUT2D eigenvalue weighted by atomic mass is 10.2. The van der Waals surface area contributed by atoms with E-state index in [9.17, 15) is 14.0 Å². The maximum absolute atomic E-state index is 14.3. The van der Waals surface area contributed by atoms with Crippen LogP contribution < -0.4 is 10.3 Å². The van der Waals surface area contributed by atoms with E-state index >= 15 is 0 Å². The van der Waals surface area contributed by atoms with E-state index in [1.54, 1.807) is 43.3 Å². The van der Waals surface area contributed by atoms with Crippen molar-refractivity contribution in [3.8, 4) is 5.69 Å². The fourth-order valence-corrected chi connectivity index (χ4v) is 3.82. The van der Waals surface area contributed by atoms with Crippen LogP contribution in [0.25, 0.3) is 5.69 Å². The number of halogens is 1. The minimum absolute atomic E-state index is 0.153. The van der Waals surface area contributed by atoms with Crippen molar-refractivity contribution >= 4 is 28.1 Å². The number of carbonyl (C=O) groups is 1. The van der Waals surface area contributed by atoms with Crippen LogP contribution in [0, 0.1) is 19.7 Å². The summed E-state index contributed by atoms with van der Waals surface area (Å²) in [4.78, 5) is 31.9. The van der Waals surface area contributed by atoms with Crippen molar-refractivity contribution < 1.29 is 9.18 Å². The van der Waals surface area contributed by atoms with Crippen LogP contribution in [0.5, 0.6) is 0 Å². The Morgan fingerprint density at radius 3 is 2.43 bits per heavy atom. The van der Waals surface area contributed by atoms with Crippen molar-refractivity contribution in [1.82, 2.24) is 14.8 Å². The van der Waals surface area contributed by atoms with Crippen LogP contribution in [0.1, 0.15) is 21.9 Å². The Balaban J connectivity index is 1.88. The molecular weight excluding hydrogens is 403 g/mol. The standard InChI is InChI=1S/C22H17FN4O2S/c1-14-13-30-22(24-14)26(16-8-4-3-5-9-16)21(29)20-19(28)12-15(2)27(25-20)18-11-7-6-10-17(18)23/h3-13H,1-2H3. The van der Waals surface area contributed by atoms with Crippen molar-refractivity contribution in [1.29, 1.82) is 0 Å². The fourth-order valence-electron chi connectivity index (χ4n) is 3.00. The monoisotopic (exact) mass is 420 g/mol. The van der Waals surface area contributed by atoms with E-state index < -0.39 is 17.2 Å². The summed E-state index contributed by atoms with van der Waals surface area (Å²) < 4.78 is 15.6. The lowest BCUT2D eigenvalue weighted by Gasteiger charge is -2.20. The molecule has 0 spiro atoms. The van der Waals surface area contributed by atoms with Gasteiger partial charge >= 0.3 is 0 Å². The average Bonchev–Trinajstić information content (AvgIpc) is 3.15. The van der Waals surface area contributed by atoms with Gasteiger partial charge in [0.25, 0.3) is 5.91 Å². The number of rotatable bonds is 4. The van der Waals surface area contributed by atoms with Crippen molar-refractivity contribution in [2.75, 3.05) is 4.90 Å². The predicted molar refractivity (Wildman–Crippen MR) is 114 cm³/mol. The van der Waals surface area contributed by atoms with E-state index in [4.69, 9.17) is 0 Å². The van der Waals surface area contributed by atoms with Gasteiger partial charge in [0.05, 0.1) is 11.4 Å². The fraction of sp³-hybridized carbons (Fsp3) is 0.0909. The number of nitrogens with zero attached hydrogens (tertiary/aromatic N) is 4. The molecule has 2 aromatic heterocycles. The molecule has 0 fully saturated rings. The van der Waals surface area contributed by atoms with E-state index in [-0.39, 0.29) is 11.4 Å². The smallest absolute Gasteiger partial charge is 0.287 e. The first-order valence-electron chi connectivity index (χ1n) is 9.13. The second kappa shape index (κ2) is 8.00. The highest BCUT2D eigenvalue weighted by Gasteiger charge is 2.27. The van der Waals surface area contributed by atoms with Crippen LogP contribution in [0.2, 0.25) is 0 Å². The van der Waals surface area contributed by atoms with Gasteiger partial charge in [0.1, 0.15) is 11.5 Å². The van der Waals surface area contributed by atoms with Crippen LogP contribution in [-0.2, 0) is 0 Å². The van der Waals surface area contributed by atoms with Crippen LogP contribution in [-0.4, -0.2) is 20.7 Å². The molecule has 0 saturated carbocycles. The average molecular weight is 420 g/mol. The van der Waals surface area contributed by atoms with E-state index in [1.807, 2.05) is 18.4 Å². The molecule has 4 rings (SSSR count). The molecule has 0 unspecified atom stereocenters. The first-order chi connectivity index (χ1) is 14.5. The van der Waals surface area contributed by atoms with Gasteiger partial charge in [-0.1, -0.05) is 30.3 Å². The summed E-state index contributed by atoms with van der Waals surface area (Å²) in [6.07, 6.45) is 0. The number of thiazole rings is 1. The summed E-state index contributed by atoms with van der Waals surface area (Å²) in [6.45, 7) is 3.46. The van der Waals surface area contributed by atoms with Crippen molar-refractivity contribution in [2.24, 2.45) is 0 Å². The maximum Gasteiger partial charge on any atom is 0.289 e. The SMILES string of the molecule is Cc1csc(N(C(=O)c2nn(-c3ccccc3F)c(C)cc2=O)c2ccccc2)n1.